The summed E-state index contributed by atoms with van der Waals surface area (Å²) in [5.41, 5.74) is 2.71. The first-order valence-electron chi connectivity index (χ1n) is 8.72. The Morgan fingerprint density at radius 2 is 1.97 bits per heavy atom. The molecule has 0 aliphatic rings. The molecule has 146 valence electrons. The highest BCUT2D eigenvalue weighted by atomic mass is 79.9. The molecular formula is C22H12BrN3O3S. The Bertz CT molecular complexity index is 1300. The predicted molar refractivity (Wildman–Crippen MR) is 120 cm³/mol. The molecule has 0 unspecified atom stereocenters. The Morgan fingerprint density at radius 3 is 2.70 bits per heavy atom. The molecule has 30 heavy (non-hydrogen) atoms. The number of rotatable bonds is 5. The maximum Gasteiger partial charge on any atom is 0.270 e. The number of nitro benzene ring substituents is 1. The van der Waals surface area contributed by atoms with Crippen LogP contribution in [-0.2, 0) is 0 Å². The molecule has 0 amide bonds. The fourth-order valence-electron chi connectivity index (χ4n) is 2.79. The van der Waals surface area contributed by atoms with Gasteiger partial charge in [-0.15, -0.1) is 11.3 Å². The van der Waals surface area contributed by atoms with Crippen molar-refractivity contribution in [1.29, 1.82) is 5.26 Å². The van der Waals surface area contributed by atoms with Gasteiger partial charge in [-0.1, -0.05) is 40.2 Å². The van der Waals surface area contributed by atoms with Gasteiger partial charge in [0.05, 0.1) is 16.2 Å². The molecule has 2 aromatic carbocycles. The maximum atomic E-state index is 11.0. The van der Waals surface area contributed by atoms with Gasteiger partial charge in [0.1, 0.15) is 22.6 Å². The normalized spacial score (nSPS) is 11.3. The number of non-ortho nitro benzene ring substituents is 1. The summed E-state index contributed by atoms with van der Waals surface area (Å²) in [4.78, 5) is 15.1. The summed E-state index contributed by atoms with van der Waals surface area (Å²) in [5.74, 6) is 0.949. The fourth-order valence-corrected chi connectivity index (χ4v) is 3.85. The van der Waals surface area contributed by atoms with E-state index in [0.717, 1.165) is 15.7 Å². The van der Waals surface area contributed by atoms with Crippen LogP contribution < -0.4 is 0 Å². The summed E-state index contributed by atoms with van der Waals surface area (Å²) in [6.45, 7) is 0. The highest BCUT2D eigenvalue weighted by Crippen LogP contribution is 2.30. The molecule has 0 aliphatic carbocycles. The van der Waals surface area contributed by atoms with Gasteiger partial charge in [-0.25, -0.2) is 4.98 Å². The van der Waals surface area contributed by atoms with E-state index in [1.54, 1.807) is 30.3 Å². The zero-order valence-corrected chi connectivity index (χ0v) is 17.7. The Hall–Kier alpha value is -3.54. The lowest BCUT2D eigenvalue weighted by Crippen LogP contribution is -1.87. The van der Waals surface area contributed by atoms with Gasteiger partial charge in [-0.2, -0.15) is 5.26 Å². The molecule has 4 aromatic rings. The highest BCUT2D eigenvalue weighted by Gasteiger charge is 2.12. The molecule has 8 heteroatoms. The number of allylic oxidation sites excluding steroid dienone is 1. The summed E-state index contributed by atoms with van der Waals surface area (Å²) in [6.07, 6.45) is 1.62. The van der Waals surface area contributed by atoms with Gasteiger partial charge in [0.2, 0.25) is 0 Å². The first-order chi connectivity index (χ1) is 14.5. The second-order valence-electron chi connectivity index (χ2n) is 6.22. The minimum atomic E-state index is -0.452. The van der Waals surface area contributed by atoms with Crippen LogP contribution in [0.25, 0.3) is 34.2 Å². The zero-order valence-electron chi connectivity index (χ0n) is 15.3. The third kappa shape index (κ3) is 4.22. The van der Waals surface area contributed by atoms with Crippen molar-refractivity contribution >= 4 is 44.6 Å². The first kappa shape index (κ1) is 19.8. The summed E-state index contributed by atoms with van der Waals surface area (Å²) in [7, 11) is 0. The van der Waals surface area contributed by atoms with Gasteiger partial charge in [0, 0.05) is 39.2 Å². The van der Waals surface area contributed by atoms with E-state index in [9.17, 15) is 15.4 Å². The van der Waals surface area contributed by atoms with Crippen molar-refractivity contribution in [2.45, 2.75) is 0 Å². The van der Waals surface area contributed by atoms with E-state index in [1.165, 1.54) is 23.5 Å². The number of nitro groups is 1. The lowest BCUT2D eigenvalue weighted by atomic mass is 10.1. The number of aromatic nitrogens is 1. The van der Waals surface area contributed by atoms with Crippen molar-refractivity contribution < 1.29 is 9.34 Å². The van der Waals surface area contributed by atoms with Crippen LogP contribution in [0.5, 0.6) is 0 Å². The number of nitriles is 1. The SMILES string of the molecule is N#CC(=Cc1ccc(-c2cccc([N+](=O)[O-])c2)o1)c1nc(-c2ccc(Br)cc2)cs1. The van der Waals surface area contributed by atoms with Gasteiger partial charge in [-0.05, 0) is 24.3 Å². The van der Waals surface area contributed by atoms with E-state index >= 15 is 0 Å². The van der Waals surface area contributed by atoms with E-state index in [4.69, 9.17) is 4.42 Å². The third-order valence-electron chi connectivity index (χ3n) is 4.25. The summed E-state index contributed by atoms with van der Waals surface area (Å²) < 4.78 is 6.77. The average molecular weight is 478 g/mol. The number of nitrogens with zero attached hydrogens (tertiary/aromatic N) is 3. The molecule has 0 saturated carbocycles. The van der Waals surface area contributed by atoms with Crippen molar-refractivity contribution in [2.75, 3.05) is 0 Å². The molecule has 0 bridgehead atoms. The van der Waals surface area contributed by atoms with Crippen LogP contribution in [0.2, 0.25) is 0 Å². The summed E-state index contributed by atoms with van der Waals surface area (Å²) >= 11 is 4.79. The Balaban J connectivity index is 1.61. The van der Waals surface area contributed by atoms with Crippen LogP contribution in [0, 0.1) is 21.4 Å². The summed E-state index contributed by atoms with van der Waals surface area (Å²) in [6, 6.07) is 19.6. The molecule has 4 rings (SSSR count). The number of thiazole rings is 1. The second-order valence-corrected chi connectivity index (χ2v) is 8.00. The average Bonchev–Trinajstić information content (AvgIpc) is 3.43. The quantitative estimate of drug-likeness (QED) is 0.179. The van der Waals surface area contributed by atoms with Gasteiger partial charge in [-0.3, -0.25) is 10.1 Å². The van der Waals surface area contributed by atoms with E-state index in [-0.39, 0.29) is 5.69 Å². The van der Waals surface area contributed by atoms with Crippen LogP contribution in [0.15, 0.2) is 74.9 Å². The third-order valence-corrected chi connectivity index (χ3v) is 5.65. The van der Waals surface area contributed by atoms with E-state index < -0.39 is 4.92 Å². The molecule has 2 aromatic heterocycles. The Morgan fingerprint density at radius 1 is 1.17 bits per heavy atom. The smallest absolute Gasteiger partial charge is 0.270 e. The molecule has 0 N–H and O–H groups in total. The fraction of sp³-hybridized carbons (Fsp3) is 0. The molecule has 0 aliphatic heterocycles. The molecule has 6 nitrogen and oxygen atoms in total. The molecule has 2 heterocycles. The first-order valence-corrected chi connectivity index (χ1v) is 10.4. The largest absolute Gasteiger partial charge is 0.457 e. The minimum Gasteiger partial charge on any atom is -0.457 e. The molecule has 0 fully saturated rings. The van der Waals surface area contributed by atoms with Crippen molar-refractivity contribution in [3.63, 3.8) is 0 Å². The molecular weight excluding hydrogens is 466 g/mol. The van der Waals surface area contributed by atoms with Crippen molar-refractivity contribution in [3.05, 3.63) is 91.4 Å². The van der Waals surface area contributed by atoms with Gasteiger partial charge >= 0.3 is 0 Å². The number of halogens is 1. The second kappa shape index (κ2) is 8.45. The van der Waals surface area contributed by atoms with Crippen molar-refractivity contribution in [2.24, 2.45) is 0 Å². The number of benzene rings is 2. The molecule has 0 saturated heterocycles. The topological polar surface area (TPSA) is 93.0 Å². The van der Waals surface area contributed by atoms with E-state index in [1.807, 2.05) is 29.6 Å². The van der Waals surface area contributed by atoms with Crippen LogP contribution in [0.1, 0.15) is 10.8 Å². The van der Waals surface area contributed by atoms with E-state index in [2.05, 4.69) is 27.0 Å². The van der Waals surface area contributed by atoms with Crippen molar-refractivity contribution in [3.8, 4) is 28.7 Å². The summed E-state index contributed by atoms with van der Waals surface area (Å²) in [5, 5.41) is 23.1. The zero-order chi connectivity index (χ0) is 21.1. The molecule has 0 spiro atoms. The number of furan rings is 1. The Labute approximate surface area is 184 Å². The van der Waals surface area contributed by atoms with Crippen LogP contribution in [0.4, 0.5) is 5.69 Å². The van der Waals surface area contributed by atoms with Gasteiger partial charge < -0.3 is 4.42 Å². The minimum absolute atomic E-state index is 0.0121. The van der Waals surface area contributed by atoms with Crippen LogP contribution in [-0.4, -0.2) is 9.91 Å². The molecule has 0 atom stereocenters. The molecule has 0 radical (unpaired) electrons. The van der Waals surface area contributed by atoms with Crippen LogP contribution >= 0.6 is 27.3 Å². The van der Waals surface area contributed by atoms with Crippen LogP contribution in [0.3, 0.4) is 0 Å². The predicted octanol–water partition coefficient (Wildman–Crippen LogP) is 6.80. The van der Waals surface area contributed by atoms with Gasteiger partial charge in [0.25, 0.3) is 5.69 Å². The Kier molecular flexibility index (Phi) is 5.57. The standard InChI is InChI=1S/C22H12BrN3O3S/c23-17-6-4-14(5-7-17)20-13-30-22(25-20)16(12-24)11-19-8-9-21(29-19)15-2-1-3-18(10-15)26(27)28/h1-11,13H. The van der Waals surface area contributed by atoms with Crippen molar-refractivity contribution in [1.82, 2.24) is 4.98 Å². The lowest BCUT2D eigenvalue weighted by Gasteiger charge is -1.97. The van der Waals surface area contributed by atoms with E-state index in [0.29, 0.717) is 27.7 Å². The lowest BCUT2D eigenvalue weighted by molar-refractivity contribution is -0.384. The highest BCUT2D eigenvalue weighted by molar-refractivity contribution is 9.10. The monoisotopic (exact) mass is 477 g/mol. The number of hydrogen-bond donors (Lipinski definition) is 0. The number of hydrogen-bond acceptors (Lipinski definition) is 6. The maximum absolute atomic E-state index is 11.0. The van der Waals surface area contributed by atoms with Gasteiger partial charge in [0.15, 0.2) is 0 Å².